The molecule has 1 atom stereocenters. The van der Waals surface area contributed by atoms with Crippen molar-refractivity contribution in [1.82, 2.24) is 9.78 Å². The largest absolute Gasteiger partial charge is 0.374 e. The molecule has 0 saturated heterocycles. The van der Waals surface area contributed by atoms with Gasteiger partial charge in [0, 0.05) is 43.7 Å². The maximum atomic E-state index is 9.44. The first kappa shape index (κ1) is 12.7. The Kier molecular flexibility index (Phi) is 2.98. The average molecular weight is 266 g/mol. The Morgan fingerprint density at radius 3 is 2.80 bits per heavy atom. The van der Waals surface area contributed by atoms with Crippen LogP contribution in [0.5, 0.6) is 0 Å². The molecule has 102 valence electrons. The SMILES string of the molecule is CC1CCN(C)c2cc(C#N)c(-c3cnn(C)c3)cc21. The van der Waals surface area contributed by atoms with Crippen LogP contribution in [-0.2, 0) is 7.05 Å². The van der Waals surface area contributed by atoms with Crippen molar-refractivity contribution in [2.75, 3.05) is 18.5 Å². The number of anilines is 1. The molecule has 0 aliphatic carbocycles. The highest BCUT2D eigenvalue weighted by Crippen LogP contribution is 2.38. The van der Waals surface area contributed by atoms with Gasteiger partial charge in [-0.05, 0) is 30.0 Å². The summed E-state index contributed by atoms with van der Waals surface area (Å²) in [5.74, 6) is 0.532. The zero-order chi connectivity index (χ0) is 14.3. The van der Waals surface area contributed by atoms with Crippen LogP contribution in [-0.4, -0.2) is 23.4 Å². The van der Waals surface area contributed by atoms with Gasteiger partial charge >= 0.3 is 0 Å². The lowest BCUT2D eigenvalue weighted by Crippen LogP contribution is -2.26. The van der Waals surface area contributed by atoms with E-state index < -0.39 is 0 Å². The molecule has 2 aromatic rings. The summed E-state index contributed by atoms with van der Waals surface area (Å²) < 4.78 is 1.77. The Morgan fingerprint density at radius 1 is 1.35 bits per heavy atom. The summed E-state index contributed by atoms with van der Waals surface area (Å²) in [5.41, 5.74) is 5.23. The van der Waals surface area contributed by atoms with Crippen LogP contribution in [0.15, 0.2) is 24.5 Å². The zero-order valence-corrected chi connectivity index (χ0v) is 12.1. The van der Waals surface area contributed by atoms with Gasteiger partial charge in [-0.15, -0.1) is 0 Å². The van der Waals surface area contributed by atoms with E-state index in [1.807, 2.05) is 25.5 Å². The smallest absolute Gasteiger partial charge is 0.0998 e. The minimum absolute atomic E-state index is 0.532. The fourth-order valence-electron chi connectivity index (χ4n) is 2.89. The van der Waals surface area contributed by atoms with Crippen molar-refractivity contribution in [1.29, 1.82) is 5.26 Å². The predicted octanol–water partition coefficient (Wildman–Crippen LogP) is 2.90. The number of aromatic nitrogens is 2. The number of benzene rings is 1. The summed E-state index contributed by atoms with van der Waals surface area (Å²) in [6, 6.07) is 6.52. The lowest BCUT2D eigenvalue weighted by atomic mass is 9.87. The maximum absolute atomic E-state index is 9.44. The summed E-state index contributed by atoms with van der Waals surface area (Å²) in [7, 11) is 3.99. The van der Waals surface area contributed by atoms with E-state index in [9.17, 15) is 5.26 Å². The van der Waals surface area contributed by atoms with E-state index in [1.165, 1.54) is 11.3 Å². The van der Waals surface area contributed by atoms with Gasteiger partial charge in [0.2, 0.25) is 0 Å². The number of nitrogens with zero attached hydrogens (tertiary/aromatic N) is 4. The normalized spacial score (nSPS) is 17.7. The molecular weight excluding hydrogens is 248 g/mol. The molecule has 0 N–H and O–H groups in total. The van der Waals surface area contributed by atoms with Crippen molar-refractivity contribution in [3.63, 3.8) is 0 Å². The van der Waals surface area contributed by atoms with E-state index in [0.29, 0.717) is 5.92 Å². The van der Waals surface area contributed by atoms with Crippen molar-refractivity contribution in [3.05, 3.63) is 35.7 Å². The highest BCUT2D eigenvalue weighted by atomic mass is 15.2. The van der Waals surface area contributed by atoms with E-state index in [2.05, 4.69) is 36.1 Å². The van der Waals surface area contributed by atoms with Crippen LogP contribution in [0, 0.1) is 11.3 Å². The second-order valence-electron chi connectivity index (χ2n) is 5.58. The van der Waals surface area contributed by atoms with Crippen molar-refractivity contribution in [3.8, 4) is 17.2 Å². The lowest BCUT2D eigenvalue weighted by Gasteiger charge is -2.32. The first-order valence-corrected chi connectivity index (χ1v) is 6.88. The van der Waals surface area contributed by atoms with Crippen LogP contribution in [0.4, 0.5) is 5.69 Å². The quantitative estimate of drug-likeness (QED) is 0.797. The number of rotatable bonds is 1. The Morgan fingerprint density at radius 2 is 2.15 bits per heavy atom. The minimum atomic E-state index is 0.532. The Hall–Kier alpha value is -2.28. The van der Waals surface area contributed by atoms with E-state index in [0.717, 1.165) is 29.7 Å². The van der Waals surface area contributed by atoms with Gasteiger partial charge in [-0.1, -0.05) is 6.92 Å². The molecule has 0 radical (unpaired) electrons. The summed E-state index contributed by atoms with van der Waals surface area (Å²) in [6.45, 7) is 3.30. The molecule has 1 aromatic carbocycles. The number of hydrogen-bond acceptors (Lipinski definition) is 3. The fourth-order valence-corrected chi connectivity index (χ4v) is 2.89. The van der Waals surface area contributed by atoms with Gasteiger partial charge in [-0.25, -0.2) is 0 Å². The molecule has 0 amide bonds. The van der Waals surface area contributed by atoms with Crippen LogP contribution in [0.1, 0.15) is 30.4 Å². The highest BCUT2D eigenvalue weighted by Gasteiger charge is 2.22. The molecule has 2 heterocycles. The molecular formula is C16H18N4. The van der Waals surface area contributed by atoms with Crippen molar-refractivity contribution in [2.45, 2.75) is 19.3 Å². The number of nitriles is 1. The van der Waals surface area contributed by atoms with Gasteiger partial charge in [0.1, 0.15) is 0 Å². The van der Waals surface area contributed by atoms with Crippen LogP contribution in [0.3, 0.4) is 0 Å². The van der Waals surface area contributed by atoms with Gasteiger partial charge in [0.05, 0.1) is 17.8 Å². The maximum Gasteiger partial charge on any atom is 0.0998 e. The molecule has 1 aliphatic rings. The third-order valence-electron chi connectivity index (χ3n) is 4.14. The molecule has 1 unspecified atom stereocenters. The monoisotopic (exact) mass is 266 g/mol. The average Bonchev–Trinajstić information content (AvgIpc) is 2.88. The number of hydrogen-bond donors (Lipinski definition) is 0. The minimum Gasteiger partial charge on any atom is -0.374 e. The molecule has 3 rings (SSSR count). The highest BCUT2D eigenvalue weighted by molar-refractivity contribution is 5.76. The number of fused-ring (bicyclic) bond motifs is 1. The Balaban J connectivity index is 2.21. The Labute approximate surface area is 119 Å². The Bertz CT molecular complexity index is 693. The van der Waals surface area contributed by atoms with Crippen molar-refractivity contribution < 1.29 is 0 Å². The zero-order valence-electron chi connectivity index (χ0n) is 12.1. The van der Waals surface area contributed by atoms with Crippen molar-refractivity contribution in [2.24, 2.45) is 7.05 Å². The third kappa shape index (κ3) is 1.96. The standard InChI is InChI=1S/C16H18N4/c1-11-4-5-19(2)16-6-12(8-17)15(7-14(11)16)13-9-18-20(3)10-13/h6-7,9-11H,4-5H2,1-3H3. The van der Waals surface area contributed by atoms with Crippen LogP contribution in [0.2, 0.25) is 0 Å². The molecule has 4 heteroatoms. The van der Waals surface area contributed by atoms with Crippen LogP contribution >= 0.6 is 0 Å². The van der Waals surface area contributed by atoms with Crippen molar-refractivity contribution >= 4 is 5.69 Å². The molecule has 4 nitrogen and oxygen atoms in total. The molecule has 1 aromatic heterocycles. The predicted molar refractivity (Wildman–Crippen MR) is 79.7 cm³/mol. The van der Waals surface area contributed by atoms with E-state index in [1.54, 1.807) is 4.68 Å². The second kappa shape index (κ2) is 4.68. The fraction of sp³-hybridized carbons (Fsp3) is 0.375. The first-order valence-electron chi connectivity index (χ1n) is 6.88. The number of aryl methyl sites for hydroxylation is 1. The van der Waals surface area contributed by atoms with E-state index in [-0.39, 0.29) is 0 Å². The lowest BCUT2D eigenvalue weighted by molar-refractivity contribution is 0.637. The first-order chi connectivity index (χ1) is 9.60. The third-order valence-corrected chi connectivity index (χ3v) is 4.14. The van der Waals surface area contributed by atoms with Gasteiger partial charge in [0.25, 0.3) is 0 Å². The summed E-state index contributed by atoms with van der Waals surface area (Å²) in [4.78, 5) is 2.24. The summed E-state index contributed by atoms with van der Waals surface area (Å²) in [5, 5.41) is 13.7. The second-order valence-corrected chi connectivity index (χ2v) is 5.58. The molecule has 20 heavy (non-hydrogen) atoms. The van der Waals surface area contributed by atoms with E-state index >= 15 is 0 Å². The van der Waals surface area contributed by atoms with Crippen LogP contribution < -0.4 is 4.90 Å². The molecule has 0 fully saturated rings. The summed E-state index contributed by atoms with van der Waals surface area (Å²) >= 11 is 0. The molecule has 0 bridgehead atoms. The topological polar surface area (TPSA) is 44.9 Å². The van der Waals surface area contributed by atoms with Gasteiger partial charge in [0.15, 0.2) is 0 Å². The molecule has 1 aliphatic heterocycles. The molecule has 0 saturated carbocycles. The van der Waals surface area contributed by atoms with Crippen LogP contribution in [0.25, 0.3) is 11.1 Å². The summed E-state index contributed by atoms with van der Waals surface area (Å²) in [6.07, 6.45) is 4.93. The van der Waals surface area contributed by atoms with E-state index in [4.69, 9.17) is 0 Å². The van der Waals surface area contributed by atoms with Gasteiger partial charge in [-0.2, -0.15) is 10.4 Å². The van der Waals surface area contributed by atoms with Gasteiger partial charge < -0.3 is 4.90 Å². The molecule has 0 spiro atoms. The van der Waals surface area contributed by atoms with Gasteiger partial charge in [-0.3, -0.25) is 4.68 Å².